The van der Waals surface area contributed by atoms with Gasteiger partial charge >= 0.3 is 0 Å². The molecule has 2 rings (SSSR count). The molecule has 0 bridgehead atoms. The van der Waals surface area contributed by atoms with E-state index in [-0.39, 0.29) is 0 Å². The van der Waals surface area contributed by atoms with Crippen molar-refractivity contribution in [3.8, 4) is 0 Å². The van der Waals surface area contributed by atoms with Crippen molar-refractivity contribution in [3.05, 3.63) is 16.1 Å². The van der Waals surface area contributed by atoms with Crippen molar-refractivity contribution in [2.75, 3.05) is 13.1 Å². The Hall–Kier alpha value is -0.740. The molecule has 0 spiro atoms. The number of aromatic nitrogens is 1. The second-order valence-electron chi connectivity index (χ2n) is 4.62. The zero-order valence-corrected chi connectivity index (χ0v) is 10.7. The van der Waals surface area contributed by atoms with Crippen LogP contribution in [-0.2, 0) is 11.2 Å². The maximum Gasteiger partial charge on any atom is 0.125 e. The van der Waals surface area contributed by atoms with Crippen LogP contribution in [0.4, 0.5) is 0 Å². The second-order valence-corrected chi connectivity index (χ2v) is 5.51. The van der Waals surface area contributed by atoms with E-state index in [1.54, 1.807) is 11.3 Å². The first-order valence-corrected chi connectivity index (χ1v) is 6.70. The van der Waals surface area contributed by atoms with Crippen molar-refractivity contribution in [3.63, 3.8) is 0 Å². The van der Waals surface area contributed by atoms with Gasteiger partial charge < -0.3 is 9.69 Å². The Morgan fingerprint density at radius 2 is 2.50 bits per heavy atom. The molecule has 0 aliphatic carbocycles. The van der Waals surface area contributed by atoms with E-state index in [4.69, 9.17) is 0 Å². The molecular formula is C12H18N2OS. The predicted octanol–water partition coefficient (Wildman–Crippen LogP) is 2.08. The maximum absolute atomic E-state index is 10.4. The quantitative estimate of drug-likeness (QED) is 0.753. The average Bonchev–Trinajstić information content (AvgIpc) is 2.84. The van der Waals surface area contributed by atoms with Gasteiger partial charge in [-0.25, -0.2) is 4.98 Å². The van der Waals surface area contributed by atoms with Crippen molar-refractivity contribution in [2.45, 2.75) is 38.6 Å². The summed E-state index contributed by atoms with van der Waals surface area (Å²) in [4.78, 5) is 17.4. The molecule has 2 heterocycles. The van der Waals surface area contributed by atoms with Crippen molar-refractivity contribution >= 4 is 17.6 Å². The molecule has 0 aromatic carbocycles. The molecule has 88 valence electrons. The number of carbonyl (C=O) groups is 1. The molecular weight excluding hydrogens is 220 g/mol. The minimum atomic E-state index is 0.455. The van der Waals surface area contributed by atoms with Crippen molar-refractivity contribution in [1.29, 1.82) is 0 Å². The molecule has 1 atom stereocenters. The van der Waals surface area contributed by atoms with Gasteiger partial charge in [0, 0.05) is 30.3 Å². The van der Waals surface area contributed by atoms with Crippen LogP contribution in [0.15, 0.2) is 5.38 Å². The summed E-state index contributed by atoms with van der Waals surface area (Å²) in [5, 5.41) is 3.22. The summed E-state index contributed by atoms with van der Waals surface area (Å²) in [6, 6.07) is 0.624. The Labute approximate surface area is 100 Å². The van der Waals surface area contributed by atoms with Gasteiger partial charge in [-0.05, 0) is 26.8 Å². The predicted molar refractivity (Wildman–Crippen MR) is 65.9 cm³/mol. The third kappa shape index (κ3) is 2.50. The summed E-state index contributed by atoms with van der Waals surface area (Å²) >= 11 is 1.70. The zero-order valence-electron chi connectivity index (χ0n) is 9.85. The highest BCUT2D eigenvalue weighted by Gasteiger charge is 2.27. The molecule has 1 aromatic rings. The number of thiazole rings is 1. The Bertz CT molecular complexity index is 362. The summed E-state index contributed by atoms with van der Waals surface area (Å²) in [6.45, 7) is 6.76. The molecule has 1 saturated heterocycles. The molecule has 1 aliphatic rings. The molecule has 1 aliphatic heterocycles. The van der Waals surface area contributed by atoms with Crippen LogP contribution in [0, 0.1) is 0 Å². The van der Waals surface area contributed by atoms with Crippen LogP contribution in [0.3, 0.4) is 0 Å². The summed E-state index contributed by atoms with van der Waals surface area (Å²) < 4.78 is 0. The van der Waals surface area contributed by atoms with Crippen LogP contribution in [0.25, 0.3) is 0 Å². The number of hydrogen-bond acceptors (Lipinski definition) is 4. The molecule has 4 heteroatoms. The fraction of sp³-hybridized carbons (Fsp3) is 0.667. The van der Waals surface area contributed by atoms with E-state index in [0.717, 1.165) is 18.5 Å². The van der Waals surface area contributed by atoms with Crippen LogP contribution in [-0.4, -0.2) is 35.3 Å². The van der Waals surface area contributed by atoms with Gasteiger partial charge in [0.2, 0.25) is 0 Å². The van der Waals surface area contributed by atoms with Crippen molar-refractivity contribution < 1.29 is 4.79 Å². The van der Waals surface area contributed by atoms with Crippen molar-refractivity contribution in [2.24, 2.45) is 0 Å². The highest BCUT2D eigenvalue weighted by Crippen LogP contribution is 2.30. The Balaban J connectivity index is 2.00. The molecule has 1 unspecified atom stereocenters. The van der Waals surface area contributed by atoms with Crippen LogP contribution in [0.2, 0.25) is 0 Å². The van der Waals surface area contributed by atoms with Crippen LogP contribution in [0.1, 0.15) is 36.9 Å². The van der Waals surface area contributed by atoms with Crippen LogP contribution < -0.4 is 0 Å². The van der Waals surface area contributed by atoms with E-state index in [9.17, 15) is 4.79 Å². The van der Waals surface area contributed by atoms with Crippen LogP contribution in [0.5, 0.6) is 0 Å². The maximum atomic E-state index is 10.4. The van der Waals surface area contributed by atoms with Gasteiger partial charge in [-0.1, -0.05) is 0 Å². The molecule has 1 aromatic heterocycles. The summed E-state index contributed by atoms with van der Waals surface area (Å²) in [6.07, 6.45) is 2.58. The fourth-order valence-electron chi connectivity index (χ4n) is 2.15. The van der Waals surface area contributed by atoms with Gasteiger partial charge in [-0.15, -0.1) is 11.3 Å². The number of carbonyl (C=O) groups excluding carboxylic acids is 1. The van der Waals surface area contributed by atoms with Crippen molar-refractivity contribution in [1.82, 2.24) is 9.88 Å². The minimum Gasteiger partial charge on any atom is -0.303 e. The third-order valence-corrected chi connectivity index (χ3v) is 4.22. The highest BCUT2D eigenvalue weighted by molar-refractivity contribution is 7.09. The summed E-state index contributed by atoms with van der Waals surface area (Å²) in [7, 11) is 0. The topological polar surface area (TPSA) is 33.2 Å². The molecule has 0 radical (unpaired) electrons. The third-order valence-electron chi connectivity index (χ3n) is 3.16. The highest BCUT2D eigenvalue weighted by atomic mass is 32.1. The molecule has 3 nitrogen and oxygen atoms in total. The first kappa shape index (κ1) is 11.7. The van der Waals surface area contributed by atoms with Gasteiger partial charge in [0.25, 0.3) is 0 Å². The van der Waals surface area contributed by atoms with E-state index in [1.165, 1.54) is 18.0 Å². The monoisotopic (exact) mass is 238 g/mol. The van der Waals surface area contributed by atoms with E-state index < -0.39 is 0 Å². The number of nitrogens with zero attached hydrogens (tertiary/aromatic N) is 2. The summed E-state index contributed by atoms with van der Waals surface area (Å²) in [5.74, 6) is 0.577. The molecule has 0 amide bonds. The molecule has 1 fully saturated rings. The standard InChI is InChI=1S/C12H18N2OS/c1-9(2)14-5-3-10(7-14)12-13-11(4-6-15)8-16-12/h6,8-10H,3-5,7H2,1-2H3. The zero-order chi connectivity index (χ0) is 11.5. The molecule has 16 heavy (non-hydrogen) atoms. The number of rotatable bonds is 4. The van der Waals surface area contributed by atoms with Gasteiger partial charge in [0.1, 0.15) is 6.29 Å². The van der Waals surface area contributed by atoms with Gasteiger partial charge in [0.05, 0.1) is 10.7 Å². The fourth-order valence-corrected chi connectivity index (χ4v) is 3.11. The number of likely N-dealkylation sites (tertiary alicyclic amines) is 1. The lowest BCUT2D eigenvalue weighted by Gasteiger charge is -2.19. The Morgan fingerprint density at radius 3 is 3.12 bits per heavy atom. The van der Waals surface area contributed by atoms with E-state index in [0.29, 0.717) is 18.4 Å². The average molecular weight is 238 g/mol. The van der Waals surface area contributed by atoms with E-state index in [2.05, 4.69) is 23.7 Å². The van der Waals surface area contributed by atoms with Gasteiger partial charge in [-0.2, -0.15) is 0 Å². The first-order chi connectivity index (χ1) is 7.70. The smallest absolute Gasteiger partial charge is 0.125 e. The lowest BCUT2D eigenvalue weighted by Crippen LogP contribution is -2.27. The van der Waals surface area contributed by atoms with Gasteiger partial charge in [-0.3, -0.25) is 0 Å². The van der Waals surface area contributed by atoms with Crippen LogP contribution >= 0.6 is 11.3 Å². The SMILES string of the molecule is CC(C)N1CCC(c2nc(CC=O)cs2)C1. The summed E-state index contributed by atoms with van der Waals surface area (Å²) in [5.41, 5.74) is 0.929. The number of hydrogen-bond donors (Lipinski definition) is 0. The lowest BCUT2D eigenvalue weighted by atomic mass is 10.1. The molecule has 0 N–H and O–H groups in total. The Morgan fingerprint density at radius 1 is 1.69 bits per heavy atom. The molecule has 0 saturated carbocycles. The lowest BCUT2D eigenvalue weighted by molar-refractivity contribution is -0.107. The second kappa shape index (κ2) is 5.06. The van der Waals surface area contributed by atoms with E-state index in [1.807, 2.05) is 5.38 Å². The normalized spacial score (nSPS) is 21.8. The van der Waals surface area contributed by atoms with Gasteiger partial charge in [0.15, 0.2) is 0 Å². The first-order valence-electron chi connectivity index (χ1n) is 5.82. The largest absolute Gasteiger partial charge is 0.303 e. The Kier molecular flexibility index (Phi) is 3.71. The minimum absolute atomic E-state index is 0.455. The number of aldehydes is 1. The van der Waals surface area contributed by atoms with E-state index >= 15 is 0 Å².